The van der Waals surface area contributed by atoms with Crippen LogP contribution in [0.3, 0.4) is 0 Å². The Morgan fingerprint density at radius 2 is 1.59 bits per heavy atom. The summed E-state index contributed by atoms with van der Waals surface area (Å²) in [5.74, 6) is 0. The van der Waals surface area contributed by atoms with Crippen LogP contribution < -0.4 is 26.9 Å². The van der Waals surface area contributed by atoms with Gasteiger partial charge in [0.25, 0.3) is 0 Å². The predicted octanol–water partition coefficient (Wildman–Crippen LogP) is 0.860. The van der Waals surface area contributed by atoms with E-state index in [9.17, 15) is 0 Å². The molecule has 0 spiro atoms. The summed E-state index contributed by atoms with van der Waals surface area (Å²) in [5, 5.41) is 7.45. The molecule has 0 atom stereocenters. The maximum atomic E-state index is 3.49. The number of nitrogens with zero attached hydrogens (tertiary/aromatic N) is 1. The van der Waals surface area contributed by atoms with E-state index in [1.807, 2.05) is 0 Å². The highest BCUT2D eigenvalue weighted by Crippen LogP contribution is 2.21. The molecule has 0 radical (unpaired) electrons. The Kier molecular flexibility index (Phi) is 7.46. The van der Waals surface area contributed by atoms with E-state index in [1.54, 1.807) is 0 Å². The zero-order valence-corrected chi connectivity index (χ0v) is 16.2. The van der Waals surface area contributed by atoms with Gasteiger partial charge >= 0.3 is 0 Å². The second-order valence-electron chi connectivity index (χ2n) is 5.54. The summed E-state index contributed by atoms with van der Waals surface area (Å²) >= 11 is 0. The Hall–Kier alpha value is -0.970. The zero-order valence-electron chi connectivity index (χ0n) is 12.9. The number of pyridine rings is 1. The third-order valence-electron chi connectivity index (χ3n) is 3.66. The minimum Gasteiger partial charge on any atom is -1.00 e. The van der Waals surface area contributed by atoms with Crippen LogP contribution in [0.25, 0.3) is 21.7 Å². The van der Waals surface area contributed by atoms with Crippen LogP contribution in [0, 0.1) is 0 Å². The molecule has 2 nitrogen and oxygen atoms in total. The summed E-state index contributed by atoms with van der Waals surface area (Å²) < 4.78 is 2.35. The summed E-state index contributed by atoms with van der Waals surface area (Å²) in [6, 6.07) is 17.8. The molecule has 4 heteroatoms. The first-order valence-electron chi connectivity index (χ1n) is 7.29. The van der Waals surface area contributed by atoms with Gasteiger partial charge in [-0.25, -0.2) is 0 Å². The van der Waals surface area contributed by atoms with E-state index in [4.69, 9.17) is 0 Å². The highest BCUT2D eigenvalue weighted by atomic mass is 79.9. The monoisotopic (exact) mass is 424 g/mol. The lowest BCUT2D eigenvalue weighted by Gasteiger charge is -2.08. The summed E-state index contributed by atoms with van der Waals surface area (Å²) in [7, 11) is 0. The van der Waals surface area contributed by atoms with Gasteiger partial charge in [0.15, 0.2) is 12.7 Å². The van der Waals surface area contributed by atoms with Crippen LogP contribution in [0.5, 0.6) is 0 Å². The van der Waals surface area contributed by atoms with Gasteiger partial charge < -0.3 is 22.3 Å². The van der Waals surface area contributed by atoms with Gasteiger partial charge in [0.2, 0.25) is 5.52 Å². The molecule has 0 unspecified atom stereocenters. The molecular formula is C18H22Br2N2. The van der Waals surface area contributed by atoms with E-state index >= 15 is 0 Å². The fourth-order valence-corrected chi connectivity index (χ4v) is 2.70. The number of hydrogen-bond donors (Lipinski definition) is 1. The van der Waals surface area contributed by atoms with Crippen LogP contribution in [-0.2, 0) is 6.54 Å². The summed E-state index contributed by atoms with van der Waals surface area (Å²) in [5.41, 5.74) is 1.30. The molecule has 0 aliphatic carbocycles. The van der Waals surface area contributed by atoms with Gasteiger partial charge in [-0.15, -0.1) is 17.0 Å². The average molecular weight is 426 g/mol. The Morgan fingerprint density at radius 1 is 0.955 bits per heavy atom. The van der Waals surface area contributed by atoms with Gasteiger partial charge in [0, 0.05) is 22.9 Å². The lowest BCUT2D eigenvalue weighted by atomic mass is 10.1. The number of nitrogens with one attached hydrogen (secondary N) is 1. The second-order valence-corrected chi connectivity index (χ2v) is 5.54. The van der Waals surface area contributed by atoms with Crippen molar-refractivity contribution in [2.75, 3.05) is 6.54 Å². The minimum absolute atomic E-state index is 0. The number of fused-ring (bicyclic) bond motifs is 3. The maximum absolute atomic E-state index is 3.49. The molecule has 0 amide bonds. The van der Waals surface area contributed by atoms with Crippen molar-refractivity contribution in [3.8, 4) is 0 Å². The van der Waals surface area contributed by atoms with E-state index in [0.29, 0.717) is 6.04 Å². The van der Waals surface area contributed by atoms with Crippen molar-refractivity contribution in [2.45, 2.75) is 26.4 Å². The number of benzene rings is 2. The molecule has 0 aliphatic rings. The topological polar surface area (TPSA) is 15.9 Å². The minimum atomic E-state index is 0. The second kappa shape index (κ2) is 8.61. The van der Waals surface area contributed by atoms with E-state index in [1.165, 1.54) is 21.7 Å². The molecule has 1 heterocycles. The number of para-hydroxylation sites is 1. The van der Waals surface area contributed by atoms with Gasteiger partial charge in [-0.3, -0.25) is 0 Å². The van der Waals surface area contributed by atoms with E-state index in [0.717, 1.165) is 13.1 Å². The quantitative estimate of drug-likeness (QED) is 0.484. The van der Waals surface area contributed by atoms with Crippen molar-refractivity contribution in [1.82, 2.24) is 5.32 Å². The molecule has 3 rings (SSSR count). The molecule has 0 fully saturated rings. The Labute approximate surface area is 153 Å². The van der Waals surface area contributed by atoms with E-state index in [-0.39, 0.29) is 34.0 Å². The lowest BCUT2D eigenvalue weighted by molar-refractivity contribution is -0.668. The van der Waals surface area contributed by atoms with Gasteiger partial charge in [-0.1, -0.05) is 44.2 Å². The molecule has 1 N–H and O–H groups in total. The smallest absolute Gasteiger partial charge is 0.213 e. The summed E-state index contributed by atoms with van der Waals surface area (Å²) in [6.07, 6.45) is 2.26. The van der Waals surface area contributed by atoms with Crippen molar-refractivity contribution in [1.29, 1.82) is 0 Å². The van der Waals surface area contributed by atoms with Crippen molar-refractivity contribution in [2.24, 2.45) is 0 Å². The number of rotatable bonds is 4. The fourth-order valence-electron chi connectivity index (χ4n) is 2.70. The molecule has 0 bridgehead atoms. The SMILES string of the molecule is Br.CC(C)NCC[n+]1cc2ccccc2c2ccccc21.[Br-]. The lowest BCUT2D eigenvalue weighted by Crippen LogP contribution is -3.00. The highest BCUT2D eigenvalue weighted by Gasteiger charge is 2.12. The molecule has 2 aromatic carbocycles. The number of hydrogen-bond acceptors (Lipinski definition) is 1. The maximum Gasteiger partial charge on any atom is 0.213 e. The van der Waals surface area contributed by atoms with Crippen molar-refractivity contribution >= 4 is 38.7 Å². The zero-order chi connectivity index (χ0) is 13.9. The molecule has 3 aromatic rings. The Bertz CT molecular complexity index is 741. The summed E-state index contributed by atoms with van der Waals surface area (Å²) in [4.78, 5) is 0. The summed E-state index contributed by atoms with van der Waals surface area (Å²) in [6.45, 7) is 6.35. The molecule has 118 valence electrons. The van der Waals surface area contributed by atoms with Crippen LogP contribution in [-0.4, -0.2) is 12.6 Å². The largest absolute Gasteiger partial charge is 1.00 e. The third kappa shape index (κ3) is 4.06. The molecule has 0 saturated heterocycles. The predicted molar refractivity (Wildman–Crippen MR) is 95.1 cm³/mol. The van der Waals surface area contributed by atoms with Gasteiger partial charge in [-0.05, 0) is 12.1 Å². The van der Waals surface area contributed by atoms with E-state index < -0.39 is 0 Å². The van der Waals surface area contributed by atoms with Crippen LogP contribution in [0.15, 0.2) is 54.7 Å². The van der Waals surface area contributed by atoms with Crippen LogP contribution in [0.1, 0.15) is 13.8 Å². The standard InChI is InChI=1S/C18H21N2.2BrH/c1-14(2)19-11-12-20-13-15-7-3-4-8-16(15)17-9-5-6-10-18(17)20;;/h3-10,13-14,19H,11-12H2,1-2H3;2*1H/q+1;;/p-1. The average Bonchev–Trinajstić information content (AvgIpc) is 2.47. The van der Waals surface area contributed by atoms with Gasteiger partial charge in [0.1, 0.15) is 0 Å². The Balaban J connectivity index is 0.00000121. The van der Waals surface area contributed by atoms with Crippen molar-refractivity contribution < 1.29 is 21.5 Å². The van der Waals surface area contributed by atoms with Crippen molar-refractivity contribution in [3.63, 3.8) is 0 Å². The van der Waals surface area contributed by atoms with Crippen molar-refractivity contribution in [3.05, 3.63) is 54.7 Å². The first-order chi connectivity index (χ1) is 9.75. The number of halogens is 2. The van der Waals surface area contributed by atoms with Gasteiger partial charge in [0.05, 0.1) is 11.9 Å². The highest BCUT2D eigenvalue weighted by molar-refractivity contribution is 8.93. The fraction of sp³-hybridized carbons (Fsp3) is 0.278. The molecular weight excluding hydrogens is 404 g/mol. The molecule has 22 heavy (non-hydrogen) atoms. The van der Waals surface area contributed by atoms with Crippen LogP contribution in [0.2, 0.25) is 0 Å². The van der Waals surface area contributed by atoms with Crippen LogP contribution in [0.4, 0.5) is 0 Å². The third-order valence-corrected chi connectivity index (χ3v) is 3.66. The first kappa shape index (κ1) is 19.1. The molecule has 0 aliphatic heterocycles. The molecule has 1 aromatic heterocycles. The van der Waals surface area contributed by atoms with Crippen LogP contribution >= 0.6 is 17.0 Å². The molecule has 0 saturated carbocycles. The number of aromatic nitrogens is 1. The first-order valence-corrected chi connectivity index (χ1v) is 7.29. The Morgan fingerprint density at radius 3 is 2.32 bits per heavy atom. The normalized spacial score (nSPS) is 10.5. The van der Waals surface area contributed by atoms with Gasteiger partial charge in [-0.2, -0.15) is 4.57 Å². The van der Waals surface area contributed by atoms with E-state index in [2.05, 4.69) is 78.5 Å².